The number of benzene rings is 2. The van der Waals surface area contributed by atoms with Gasteiger partial charge in [-0.15, -0.1) is 0 Å². The number of carbonyl (C=O) groups excluding carboxylic acids is 2. The second-order valence-electron chi connectivity index (χ2n) is 6.21. The van der Waals surface area contributed by atoms with Crippen molar-refractivity contribution in [3.8, 4) is 5.75 Å². The molecule has 0 spiro atoms. The van der Waals surface area contributed by atoms with Crippen molar-refractivity contribution < 1.29 is 14.3 Å². The number of carbonyl (C=O) groups is 2. The van der Waals surface area contributed by atoms with Crippen LogP contribution in [0, 0.1) is 5.92 Å². The van der Waals surface area contributed by atoms with Crippen LogP contribution in [-0.2, 0) is 4.79 Å². The highest BCUT2D eigenvalue weighted by molar-refractivity contribution is 6.01. The molecule has 0 unspecified atom stereocenters. The van der Waals surface area contributed by atoms with Crippen LogP contribution in [0.1, 0.15) is 35.7 Å². The minimum Gasteiger partial charge on any atom is -0.497 e. The molecule has 134 valence electrons. The first-order valence-corrected chi connectivity index (χ1v) is 8.47. The number of hydrazone groups is 1. The van der Waals surface area contributed by atoms with Gasteiger partial charge in [0.05, 0.1) is 12.8 Å². The first-order valence-electron chi connectivity index (χ1n) is 8.47. The molecule has 1 saturated carbocycles. The first kappa shape index (κ1) is 17.7. The Balaban J connectivity index is 1.58. The average Bonchev–Trinajstić information content (AvgIpc) is 3.52. The molecule has 6 heteroatoms. The van der Waals surface area contributed by atoms with Crippen molar-refractivity contribution in [3.05, 3.63) is 59.7 Å². The molecule has 26 heavy (non-hydrogen) atoms. The molecule has 0 saturated heterocycles. The third-order valence-electron chi connectivity index (χ3n) is 4.20. The number of nitrogens with one attached hydrogen (secondary N) is 2. The quantitative estimate of drug-likeness (QED) is 0.619. The van der Waals surface area contributed by atoms with Crippen LogP contribution in [0.2, 0.25) is 0 Å². The minimum absolute atomic E-state index is 0.0434. The van der Waals surface area contributed by atoms with Crippen LogP contribution in [0.5, 0.6) is 5.75 Å². The summed E-state index contributed by atoms with van der Waals surface area (Å²) in [5, 5.41) is 6.98. The summed E-state index contributed by atoms with van der Waals surface area (Å²) in [4.78, 5) is 23.9. The molecule has 0 bridgehead atoms. The molecule has 2 N–H and O–H groups in total. The summed E-state index contributed by atoms with van der Waals surface area (Å²) in [6, 6.07) is 14.2. The summed E-state index contributed by atoms with van der Waals surface area (Å²) in [5.41, 5.74) is 5.29. The number of rotatable bonds is 6. The molecule has 1 aliphatic rings. The summed E-state index contributed by atoms with van der Waals surface area (Å²) in [5.74, 6) is 0.646. The lowest BCUT2D eigenvalue weighted by Gasteiger charge is -2.06. The Morgan fingerprint density at radius 3 is 2.19 bits per heavy atom. The molecule has 0 radical (unpaired) electrons. The normalized spacial score (nSPS) is 13.8. The zero-order valence-corrected chi connectivity index (χ0v) is 14.8. The van der Waals surface area contributed by atoms with Crippen molar-refractivity contribution >= 4 is 23.2 Å². The van der Waals surface area contributed by atoms with Gasteiger partial charge in [0.2, 0.25) is 5.91 Å². The van der Waals surface area contributed by atoms with E-state index >= 15 is 0 Å². The number of hydrogen-bond donors (Lipinski definition) is 2. The van der Waals surface area contributed by atoms with E-state index in [4.69, 9.17) is 4.74 Å². The molecular weight excluding hydrogens is 330 g/mol. The first-order chi connectivity index (χ1) is 12.6. The maximum atomic E-state index is 12.2. The van der Waals surface area contributed by atoms with Crippen LogP contribution in [-0.4, -0.2) is 24.6 Å². The van der Waals surface area contributed by atoms with Gasteiger partial charge in [-0.1, -0.05) is 0 Å². The van der Waals surface area contributed by atoms with Crippen LogP contribution in [0.15, 0.2) is 53.6 Å². The zero-order valence-electron chi connectivity index (χ0n) is 14.8. The van der Waals surface area contributed by atoms with Gasteiger partial charge in [-0.2, -0.15) is 5.10 Å². The second kappa shape index (κ2) is 7.82. The highest BCUT2D eigenvalue weighted by Crippen LogP contribution is 2.30. The Morgan fingerprint density at radius 2 is 1.62 bits per heavy atom. The topological polar surface area (TPSA) is 79.8 Å². The SMILES string of the molecule is COc1ccc(/C(C)=N/NC(=O)c2ccc(NC(=O)C3CC3)cc2)cc1. The van der Waals surface area contributed by atoms with E-state index in [1.54, 1.807) is 31.4 Å². The fourth-order valence-corrected chi connectivity index (χ4v) is 2.39. The molecular formula is C20H21N3O3. The van der Waals surface area contributed by atoms with Gasteiger partial charge in [-0.05, 0) is 73.9 Å². The fraction of sp³-hybridized carbons (Fsp3) is 0.250. The molecule has 2 aromatic carbocycles. The predicted molar refractivity (Wildman–Crippen MR) is 100 cm³/mol. The van der Waals surface area contributed by atoms with E-state index < -0.39 is 0 Å². The molecule has 2 aromatic rings. The van der Waals surface area contributed by atoms with Crippen molar-refractivity contribution in [2.75, 3.05) is 12.4 Å². The third kappa shape index (κ3) is 4.47. The maximum absolute atomic E-state index is 12.2. The highest BCUT2D eigenvalue weighted by Gasteiger charge is 2.29. The summed E-state index contributed by atoms with van der Waals surface area (Å²) in [6.45, 7) is 1.82. The standard InChI is InChI=1S/C20H21N3O3/c1-13(14-7-11-18(26-2)12-8-14)22-23-20(25)16-5-9-17(10-6-16)21-19(24)15-3-4-15/h5-12,15H,3-4H2,1-2H3,(H,21,24)(H,23,25)/b22-13+. The number of hydrogen-bond acceptors (Lipinski definition) is 4. The summed E-state index contributed by atoms with van der Waals surface area (Å²) in [7, 11) is 1.61. The Bertz CT molecular complexity index is 822. The van der Waals surface area contributed by atoms with Crippen molar-refractivity contribution in [1.29, 1.82) is 0 Å². The fourth-order valence-electron chi connectivity index (χ4n) is 2.39. The van der Waals surface area contributed by atoms with E-state index in [0.717, 1.165) is 24.2 Å². The van der Waals surface area contributed by atoms with E-state index in [0.29, 0.717) is 17.0 Å². The van der Waals surface area contributed by atoms with E-state index in [9.17, 15) is 9.59 Å². The van der Waals surface area contributed by atoms with Gasteiger partial charge in [0, 0.05) is 17.2 Å². The van der Waals surface area contributed by atoms with Crippen molar-refractivity contribution in [1.82, 2.24) is 5.43 Å². The molecule has 0 atom stereocenters. The summed E-state index contributed by atoms with van der Waals surface area (Å²) in [6.07, 6.45) is 1.91. The molecule has 1 fully saturated rings. The van der Waals surface area contributed by atoms with E-state index in [-0.39, 0.29) is 17.7 Å². The second-order valence-corrected chi connectivity index (χ2v) is 6.21. The average molecular weight is 351 g/mol. The zero-order chi connectivity index (χ0) is 18.5. The van der Waals surface area contributed by atoms with Crippen LogP contribution in [0.3, 0.4) is 0 Å². The van der Waals surface area contributed by atoms with Crippen LogP contribution >= 0.6 is 0 Å². The lowest BCUT2D eigenvalue weighted by atomic mass is 10.1. The largest absolute Gasteiger partial charge is 0.497 e. The smallest absolute Gasteiger partial charge is 0.271 e. The van der Waals surface area contributed by atoms with Gasteiger partial charge < -0.3 is 10.1 Å². The van der Waals surface area contributed by atoms with Gasteiger partial charge in [-0.25, -0.2) is 5.43 Å². The van der Waals surface area contributed by atoms with Crippen molar-refractivity contribution in [2.45, 2.75) is 19.8 Å². The van der Waals surface area contributed by atoms with Crippen LogP contribution < -0.4 is 15.5 Å². The van der Waals surface area contributed by atoms with Crippen molar-refractivity contribution in [3.63, 3.8) is 0 Å². The van der Waals surface area contributed by atoms with E-state index in [1.165, 1.54) is 0 Å². The lowest BCUT2D eigenvalue weighted by Crippen LogP contribution is -2.19. The van der Waals surface area contributed by atoms with Gasteiger partial charge in [0.25, 0.3) is 5.91 Å². The number of amides is 2. The Kier molecular flexibility index (Phi) is 5.31. The van der Waals surface area contributed by atoms with Gasteiger partial charge >= 0.3 is 0 Å². The molecule has 3 rings (SSSR count). The number of anilines is 1. The van der Waals surface area contributed by atoms with Gasteiger partial charge in [0.1, 0.15) is 5.75 Å². The van der Waals surface area contributed by atoms with E-state index in [2.05, 4.69) is 15.8 Å². The molecule has 0 aliphatic heterocycles. The van der Waals surface area contributed by atoms with Crippen LogP contribution in [0.25, 0.3) is 0 Å². The molecule has 0 aromatic heterocycles. The Hall–Kier alpha value is -3.15. The molecule has 2 amide bonds. The number of ether oxygens (including phenoxy) is 1. The maximum Gasteiger partial charge on any atom is 0.271 e. The van der Waals surface area contributed by atoms with E-state index in [1.807, 2.05) is 31.2 Å². The lowest BCUT2D eigenvalue weighted by molar-refractivity contribution is -0.117. The minimum atomic E-state index is -0.307. The predicted octanol–water partition coefficient (Wildman–Crippen LogP) is 3.20. The molecule has 0 heterocycles. The summed E-state index contributed by atoms with van der Waals surface area (Å²) < 4.78 is 5.12. The highest BCUT2D eigenvalue weighted by atomic mass is 16.5. The van der Waals surface area contributed by atoms with Crippen molar-refractivity contribution in [2.24, 2.45) is 11.0 Å². The molecule has 6 nitrogen and oxygen atoms in total. The summed E-state index contributed by atoms with van der Waals surface area (Å²) >= 11 is 0. The van der Waals surface area contributed by atoms with Gasteiger partial charge in [0.15, 0.2) is 0 Å². The van der Waals surface area contributed by atoms with Gasteiger partial charge in [-0.3, -0.25) is 9.59 Å². The molecule has 1 aliphatic carbocycles. The Labute approximate surface area is 152 Å². The number of nitrogens with zero attached hydrogens (tertiary/aromatic N) is 1. The third-order valence-corrected chi connectivity index (χ3v) is 4.20. The Morgan fingerprint density at radius 1 is 1.00 bits per heavy atom. The van der Waals surface area contributed by atoms with Crippen LogP contribution in [0.4, 0.5) is 5.69 Å². The number of methoxy groups -OCH3 is 1. The monoisotopic (exact) mass is 351 g/mol.